The Morgan fingerprint density at radius 2 is 1.89 bits per heavy atom. The Hall–Kier alpha value is -2.09. The molecule has 1 unspecified atom stereocenters. The first-order valence-corrected chi connectivity index (χ1v) is 9.71. The maximum atomic E-state index is 12.8. The van der Waals surface area contributed by atoms with Crippen molar-refractivity contribution in [3.8, 4) is 5.69 Å². The Bertz CT molecular complexity index is 837. The maximum absolute atomic E-state index is 12.8. The molecule has 0 spiro atoms. The average Bonchev–Trinajstić information content (AvgIpc) is 2.98. The highest BCUT2D eigenvalue weighted by atomic mass is 32.1. The van der Waals surface area contributed by atoms with Gasteiger partial charge in [0.05, 0.1) is 5.56 Å². The standard InChI is InChI=1S/C19H24F3N3OS/c1-5-11-24(13(3)6-2)17(26)23-18-25(12-14(4)27-18)16-9-7-15(8-10-16)19(20,21)22/h7-10,12-13H,5-6,11H2,1-4H3/b23-18-. The van der Waals surface area contributed by atoms with Crippen molar-refractivity contribution in [2.24, 2.45) is 4.99 Å². The summed E-state index contributed by atoms with van der Waals surface area (Å²) in [5.74, 6) is 0. The first kappa shape index (κ1) is 21.2. The number of benzene rings is 1. The molecular formula is C19H24F3N3OS. The van der Waals surface area contributed by atoms with E-state index in [4.69, 9.17) is 0 Å². The number of carbonyl (C=O) groups is 1. The van der Waals surface area contributed by atoms with Crippen molar-refractivity contribution >= 4 is 17.4 Å². The summed E-state index contributed by atoms with van der Waals surface area (Å²) in [6, 6.07) is 4.58. The highest BCUT2D eigenvalue weighted by Crippen LogP contribution is 2.29. The SMILES string of the molecule is CCCN(C(=O)/N=c1\sc(C)cn1-c1ccc(C(F)(F)F)cc1)C(C)CC. The van der Waals surface area contributed by atoms with Gasteiger partial charge in [-0.05, 0) is 51.0 Å². The van der Waals surface area contributed by atoms with Crippen LogP contribution in [-0.2, 0) is 6.18 Å². The highest BCUT2D eigenvalue weighted by Gasteiger charge is 2.30. The summed E-state index contributed by atoms with van der Waals surface area (Å²) in [5.41, 5.74) is -0.177. The van der Waals surface area contributed by atoms with E-state index in [1.54, 1.807) is 15.7 Å². The molecule has 0 fully saturated rings. The fraction of sp³-hybridized carbons (Fsp3) is 0.474. The Kier molecular flexibility index (Phi) is 6.86. The number of rotatable bonds is 5. The zero-order valence-electron chi connectivity index (χ0n) is 15.9. The van der Waals surface area contributed by atoms with Crippen LogP contribution in [0.25, 0.3) is 5.69 Å². The molecule has 0 saturated heterocycles. The molecule has 0 saturated carbocycles. The summed E-state index contributed by atoms with van der Waals surface area (Å²) in [7, 11) is 0. The molecule has 2 amide bonds. The summed E-state index contributed by atoms with van der Waals surface area (Å²) in [6.07, 6.45) is -0.960. The number of aromatic nitrogens is 1. The van der Waals surface area contributed by atoms with E-state index in [9.17, 15) is 18.0 Å². The molecule has 0 bridgehead atoms. The van der Waals surface area contributed by atoms with E-state index in [1.807, 2.05) is 27.7 Å². The van der Waals surface area contributed by atoms with Crippen LogP contribution in [0.5, 0.6) is 0 Å². The molecule has 4 nitrogen and oxygen atoms in total. The van der Waals surface area contributed by atoms with Gasteiger partial charge in [-0.25, -0.2) is 4.79 Å². The van der Waals surface area contributed by atoms with E-state index in [-0.39, 0.29) is 12.1 Å². The van der Waals surface area contributed by atoms with Crippen molar-refractivity contribution in [1.82, 2.24) is 9.47 Å². The van der Waals surface area contributed by atoms with Gasteiger partial charge >= 0.3 is 12.2 Å². The van der Waals surface area contributed by atoms with E-state index in [1.165, 1.54) is 23.5 Å². The van der Waals surface area contributed by atoms with Gasteiger partial charge in [-0.15, -0.1) is 11.3 Å². The van der Waals surface area contributed by atoms with Gasteiger partial charge in [-0.3, -0.25) is 4.57 Å². The second-order valence-electron chi connectivity index (χ2n) is 6.38. The minimum absolute atomic E-state index is 0.0711. The number of hydrogen-bond donors (Lipinski definition) is 0. The number of halogens is 3. The second kappa shape index (κ2) is 8.73. The predicted molar refractivity (Wildman–Crippen MR) is 101 cm³/mol. The Labute approximate surface area is 161 Å². The van der Waals surface area contributed by atoms with Gasteiger partial charge in [-0.1, -0.05) is 13.8 Å². The molecule has 1 heterocycles. The van der Waals surface area contributed by atoms with Crippen LogP contribution >= 0.6 is 11.3 Å². The molecule has 0 aliphatic carbocycles. The van der Waals surface area contributed by atoms with Crippen LogP contribution in [-0.4, -0.2) is 28.1 Å². The van der Waals surface area contributed by atoms with Gasteiger partial charge in [0.15, 0.2) is 4.80 Å². The van der Waals surface area contributed by atoms with Crippen molar-refractivity contribution in [3.05, 3.63) is 45.7 Å². The largest absolute Gasteiger partial charge is 0.416 e. The number of amides is 2. The molecule has 2 aromatic rings. The third-order valence-electron chi connectivity index (χ3n) is 4.27. The average molecular weight is 399 g/mol. The molecule has 0 radical (unpaired) electrons. The van der Waals surface area contributed by atoms with Gasteiger partial charge in [0.1, 0.15) is 0 Å². The van der Waals surface area contributed by atoms with Crippen molar-refractivity contribution < 1.29 is 18.0 Å². The first-order valence-electron chi connectivity index (χ1n) is 8.89. The van der Waals surface area contributed by atoms with Crippen LogP contribution in [0.1, 0.15) is 44.1 Å². The van der Waals surface area contributed by atoms with Crippen molar-refractivity contribution in [2.75, 3.05) is 6.54 Å². The number of aryl methyl sites for hydroxylation is 1. The number of thiazole rings is 1. The normalized spacial score (nSPS) is 13.7. The van der Waals surface area contributed by atoms with Crippen molar-refractivity contribution in [1.29, 1.82) is 0 Å². The number of urea groups is 1. The third kappa shape index (κ3) is 5.22. The lowest BCUT2D eigenvalue weighted by Gasteiger charge is -2.25. The minimum atomic E-state index is -4.38. The van der Waals surface area contributed by atoms with Crippen molar-refractivity contribution in [2.45, 2.75) is 52.8 Å². The summed E-state index contributed by atoms with van der Waals surface area (Å²) in [5, 5.41) is 0. The zero-order valence-corrected chi connectivity index (χ0v) is 16.7. The number of carbonyl (C=O) groups excluding carboxylic acids is 1. The van der Waals surface area contributed by atoms with E-state index >= 15 is 0 Å². The maximum Gasteiger partial charge on any atom is 0.416 e. The molecule has 1 aromatic heterocycles. The van der Waals surface area contributed by atoms with Crippen LogP contribution in [0.3, 0.4) is 0 Å². The van der Waals surface area contributed by atoms with Crippen molar-refractivity contribution in [3.63, 3.8) is 0 Å². The lowest BCUT2D eigenvalue weighted by Crippen LogP contribution is -2.38. The molecule has 27 heavy (non-hydrogen) atoms. The first-order chi connectivity index (χ1) is 12.7. The van der Waals surface area contributed by atoms with E-state index in [2.05, 4.69) is 4.99 Å². The fourth-order valence-corrected chi connectivity index (χ4v) is 3.47. The quantitative estimate of drug-likeness (QED) is 0.664. The number of hydrogen-bond acceptors (Lipinski definition) is 2. The van der Waals surface area contributed by atoms with Gasteiger partial charge < -0.3 is 4.90 Å². The Morgan fingerprint density at radius 3 is 2.41 bits per heavy atom. The van der Waals surface area contributed by atoms with Gasteiger partial charge in [0.2, 0.25) is 0 Å². The Balaban J connectivity index is 2.42. The van der Waals surface area contributed by atoms with Crippen LogP contribution in [0.2, 0.25) is 0 Å². The van der Waals surface area contributed by atoms with E-state index < -0.39 is 11.7 Å². The molecule has 1 aromatic carbocycles. The molecule has 1 atom stereocenters. The van der Waals surface area contributed by atoms with Gasteiger partial charge in [-0.2, -0.15) is 18.2 Å². The van der Waals surface area contributed by atoms with Crippen LogP contribution in [0.15, 0.2) is 35.5 Å². The predicted octanol–water partition coefficient (Wildman–Crippen LogP) is 5.40. The van der Waals surface area contributed by atoms with Gasteiger partial charge in [0, 0.05) is 29.3 Å². The highest BCUT2D eigenvalue weighted by molar-refractivity contribution is 7.09. The third-order valence-corrected chi connectivity index (χ3v) is 5.16. The fourth-order valence-electron chi connectivity index (χ4n) is 2.64. The zero-order chi connectivity index (χ0) is 20.2. The lowest BCUT2D eigenvalue weighted by molar-refractivity contribution is -0.137. The molecule has 148 valence electrons. The summed E-state index contributed by atoms with van der Waals surface area (Å²) in [6.45, 7) is 8.47. The number of alkyl halides is 3. The molecule has 0 N–H and O–H groups in total. The summed E-state index contributed by atoms with van der Waals surface area (Å²) in [4.78, 5) is 20.0. The molecule has 8 heteroatoms. The van der Waals surface area contributed by atoms with E-state index in [0.29, 0.717) is 17.0 Å². The Morgan fingerprint density at radius 1 is 1.26 bits per heavy atom. The summed E-state index contributed by atoms with van der Waals surface area (Å²) >= 11 is 1.33. The molecule has 0 aliphatic heterocycles. The van der Waals surface area contributed by atoms with Gasteiger partial charge in [0.25, 0.3) is 0 Å². The molecule has 0 aliphatic rings. The molecular weight excluding hydrogens is 375 g/mol. The topological polar surface area (TPSA) is 37.6 Å². The summed E-state index contributed by atoms with van der Waals surface area (Å²) < 4.78 is 40.0. The second-order valence-corrected chi connectivity index (χ2v) is 7.60. The minimum Gasteiger partial charge on any atom is -0.320 e. The number of nitrogens with zero attached hydrogens (tertiary/aromatic N) is 3. The van der Waals surface area contributed by atoms with Crippen LogP contribution in [0, 0.1) is 6.92 Å². The van der Waals surface area contributed by atoms with E-state index in [0.717, 1.165) is 29.9 Å². The monoisotopic (exact) mass is 399 g/mol. The lowest BCUT2D eigenvalue weighted by atomic mass is 10.2. The van der Waals surface area contributed by atoms with Crippen LogP contribution in [0.4, 0.5) is 18.0 Å². The van der Waals surface area contributed by atoms with Crippen LogP contribution < -0.4 is 4.80 Å². The smallest absolute Gasteiger partial charge is 0.320 e. The molecule has 2 rings (SSSR count).